The number of nitrogens with one attached hydrogen (secondary N) is 3. The molecule has 1 heterocycles. The summed E-state index contributed by atoms with van der Waals surface area (Å²) in [6, 6.07) is 10.00. The fourth-order valence-electron chi connectivity index (χ4n) is 2.57. The van der Waals surface area contributed by atoms with E-state index >= 15 is 0 Å². The highest BCUT2D eigenvalue weighted by atomic mass is 19.1. The van der Waals surface area contributed by atoms with Crippen LogP contribution in [-0.4, -0.2) is 37.3 Å². The molecular formula is C20H20FN5O4. The molecule has 0 aliphatic heterocycles. The molecule has 3 N–H and O–H groups in total. The van der Waals surface area contributed by atoms with Gasteiger partial charge in [-0.05, 0) is 12.1 Å². The highest BCUT2D eigenvalue weighted by molar-refractivity contribution is 5.99. The highest BCUT2D eigenvalue weighted by Gasteiger charge is 2.10. The van der Waals surface area contributed by atoms with Crippen molar-refractivity contribution < 1.29 is 23.4 Å². The second-order valence-electron chi connectivity index (χ2n) is 5.94. The van der Waals surface area contributed by atoms with Crippen molar-refractivity contribution in [2.45, 2.75) is 0 Å². The lowest BCUT2D eigenvalue weighted by Crippen LogP contribution is -2.20. The van der Waals surface area contributed by atoms with E-state index in [0.717, 1.165) is 0 Å². The van der Waals surface area contributed by atoms with Gasteiger partial charge in [0.15, 0.2) is 0 Å². The molecule has 0 aliphatic carbocycles. The first-order valence-electron chi connectivity index (χ1n) is 8.74. The quantitative estimate of drug-likeness (QED) is 0.537. The molecule has 0 aliphatic rings. The lowest BCUT2D eigenvalue weighted by Gasteiger charge is -2.12. The Kier molecular flexibility index (Phi) is 6.48. The zero-order chi connectivity index (χ0) is 21.5. The maximum atomic E-state index is 13.5. The van der Waals surface area contributed by atoms with Gasteiger partial charge in [-0.25, -0.2) is 19.2 Å². The number of ether oxygens (including phenoxy) is 3. The number of rotatable bonds is 7. The number of carbonyl (C=O) groups is 1. The van der Waals surface area contributed by atoms with Gasteiger partial charge < -0.3 is 24.8 Å². The van der Waals surface area contributed by atoms with Crippen LogP contribution in [0.2, 0.25) is 0 Å². The number of methoxy groups -OCH3 is 3. The largest absolute Gasteiger partial charge is 0.497 e. The van der Waals surface area contributed by atoms with E-state index in [9.17, 15) is 9.18 Å². The van der Waals surface area contributed by atoms with Gasteiger partial charge >= 0.3 is 6.03 Å². The molecule has 0 saturated carbocycles. The summed E-state index contributed by atoms with van der Waals surface area (Å²) in [4.78, 5) is 20.4. The number of hydrogen-bond acceptors (Lipinski definition) is 7. The third kappa shape index (κ3) is 5.25. The Morgan fingerprint density at radius 1 is 0.867 bits per heavy atom. The van der Waals surface area contributed by atoms with Crippen molar-refractivity contribution in [2.24, 2.45) is 0 Å². The minimum absolute atomic E-state index is 0.232. The second kappa shape index (κ2) is 9.41. The van der Waals surface area contributed by atoms with Crippen LogP contribution in [0.15, 0.2) is 48.8 Å². The number of benzene rings is 2. The minimum Gasteiger partial charge on any atom is -0.497 e. The van der Waals surface area contributed by atoms with E-state index in [2.05, 4.69) is 25.9 Å². The molecule has 9 nitrogen and oxygen atoms in total. The second-order valence-corrected chi connectivity index (χ2v) is 5.94. The Labute approximate surface area is 172 Å². The summed E-state index contributed by atoms with van der Waals surface area (Å²) in [5, 5.41) is 8.21. The summed E-state index contributed by atoms with van der Waals surface area (Å²) in [6.07, 6.45) is 1.26. The van der Waals surface area contributed by atoms with Crippen LogP contribution in [0.4, 0.5) is 32.2 Å². The molecule has 10 heteroatoms. The van der Waals surface area contributed by atoms with Crippen molar-refractivity contribution >= 4 is 29.0 Å². The summed E-state index contributed by atoms with van der Waals surface area (Å²) in [5.74, 6) is 1.64. The summed E-state index contributed by atoms with van der Waals surface area (Å²) in [7, 11) is 4.51. The Morgan fingerprint density at radius 2 is 1.57 bits per heavy atom. The van der Waals surface area contributed by atoms with Crippen LogP contribution in [0, 0.1) is 5.82 Å². The number of nitrogens with zero attached hydrogens (tertiary/aromatic N) is 2. The first-order chi connectivity index (χ1) is 14.5. The molecule has 2 amide bonds. The van der Waals surface area contributed by atoms with Gasteiger partial charge in [0.2, 0.25) is 0 Å². The number of halogens is 1. The van der Waals surface area contributed by atoms with Crippen LogP contribution in [0.25, 0.3) is 0 Å². The van der Waals surface area contributed by atoms with Crippen LogP contribution < -0.4 is 30.2 Å². The molecular weight excluding hydrogens is 393 g/mol. The Hall–Kier alpha value is -4.08. The van der Waals surface area contributed by atoms with E-state index in [1.807, 2.05) is 0 Å². The molecule has 3 rings (SSSR count). The number of aromatic nitrogens is 2. The van der Waals surface area contributed by atoms with Gasteiger partial charge in [-0.15, -0.1) is 0 Å². The third-order valence-electron chi connectivity index (χ3n) is 3.94. The molecule has 3 aromatic rings. The first-order valence-corrected chi connectivity index (χ1v) is 8.74. The molecule has 0 fully saturated rings. The van der Waals surface area contributed by atoms with Crippen molar-refractivity contribution in [3.63, 3.8) is 0 Å². The summed E-state index contributed by atoms with van der Waals surface area (Å²) in [6.45, 7) is 0. The maximum Gasteiger partial charge on any atom is 0.324 e. The average molecular weight is 413 g/mol. The zero-order valence-electron chi connectivity index (χ0n) is 16.5. The van der Waals surface area contributed by atoms with Crippen molar-refractivity contribution in [3.8, 4) is 17.2 Å². The number of urea groups is 1. The lowest BCUT2D eigenvalue weighted by atomic mass is 10.2. The van der Waals surface area contributed by atoms with Gasteiger partial charge in [0.05, 0.1) is 27.0 Å². The smallest absolute Gasteiger partial charge is 0.324 e. The predicted octanol–water partition coefficient (Wildman–Crippen LogP) is 4.03. The molecule has 156 valence electrons. The standard InChI is InChI=1S/C20H20FN5O4/c1-28-14-7-13(8-15(9-14)29-2)24-20(27)26-19-10-18(22-11-23-19)25-16-6-12(21)4-5-17(16)30-3/h4-11H,1-3H3,(H3,22,23,24,25,26,27). The molecule has 0 atom stereocenters. The molecule has 0 bridgehead atoms. The third-order valence-corrected chi connectivity index (χ3v) is 3.94. The van der Waals surface area contributed by atoms with E-state index < -0.39 is 11.8 Å². The van der Waals surface area contributed by atoms with Gasteiger partial charge in [-0.2, -0.15) is 0 Å². The molecule has 30 heavy (non-hydrogen) atoms. The van der Waals surface area contributed by atoms with Gasteiger partial charge in [0, 0.05) is 36.0 Å². The van der Waals surface area contributed by atoms with Gasteiger partial charge in [0.1, 0.15) is 41.0 Å². The molecule has 0 unspecified atom stereocenters. The Bertz CT molecular complexity index is 1030. The summed E-state index contributed by atoms with van der Waals surface area (Å²) >= 11 is 0. The number of anilines is 4. The monoisotopic (exact) mass is 413 g/mol. The predicted molar refractivity (Wildman–Crippen MR) is 110 cm³/mol. The van der Waals surface area contributed by atoms with Crippen LogP contribution >= 0.6 is 0 Å². The van der Waals surface area contributed by atoms with Gasteiger partial charge in [-0.1, -0.05) is 0 Å². The van der Waals surface area contributed by atoms with E-state index in [1.165, 1.54) is 51.9 Å². The SMILES string of the molecule is COc1cc(NC(=O)Nc2cc(Nc3cc(F)ccc3OC)ncn2)cc(OC)c1. The summed E-state index contributed by atoms with van der Waals surface area (Å²) < 4.78 is 29.1. The van der Waals surface area contributed by atoms with E-state index in [-0.39, 0.29) is 5.82 Å². The molecule has 0 spiro atoms. The minimum atomic E-state index is -0.529. The Balaban J connectivity index is 1.71. The van der Waals surface area contributed by atoms with Crippen molar-refractivity contribution in [1.82, 2.24) is 9.97 Å². The van der Waals surface area contributed by atoms with E-state index in [1.54, 1.807) is 18.2 Å². The van der Waals surface area contributed by atoms with Gasteiger partial charge in [-0.3, -0.25) is 5.32 Å². The highest BCUT2D eigenvalue weighted by Crippen LogP contribution is 2.28. The number of amides is 2. The zero-order valence-corrected chi connectivity index (χ0v) is 16.5. The number of hydrogen-bond donors (Lipinski definition) is 3. The number of carbonyl (C=O) groups excluding carboxylic acids is 1. The lowest BCUT2D eigenvalue weighted by molar-refractivity contribution is 0.262. The average Bonchev–Trinajstić information content (AvgIpc) is 2.73. The van der Waals surface area contributed by atoms with Crippen molar-refractivity contribution in [2.75, 3.05) is 37.3 Å². The van der Waals surface area contributed by atoms with Crippen LogP contribution in [0.3, 0.4) is 0 Å². The van der Waals surface area contributed by atoms with Gasteiger partial charge in [0.25, 0.3) is 0 Å². The maximum absolute atomic E-state index is 13.5. The first kappa shape index (κ1) is 20.6. The van der Waals surface area contributed by atoms with Crippen molar-refractivity contribution in [3.05, 3.63) is 54.6 Å². The van der Waals surface area contributed by atoms with E-state index in [4.69, 9.17) is 14.2 Å². The topological polar surface area (TPSA) is 107 Å². The molecule has 0 radical (unpaired) electrons. The normalized spacial score (nSPS) is 10.1. The van der Waals surface area contributed by atoms with Crippen LogP contribution in [0.1, 0.15) is 0 Å². The summed E-state index contributed by atoms with van der Waals surface area (Å²) in [5.41, 5.74) is 0.857. The fourth-order valence-corrected chi connectivity index (χ4v) is 2.57. The molecule has 0 saturated heterocycles. The molecule has 2 aromatic carbocycles. The van der Waals surface area contributed by atoms with Crippen molar-refractivity contribution in [1.29, 1.82) is 0 Å². The molecule has 1 aromatic heterocycles. The van der Waals surface area contributed by atoms with Crippen LogP contribution in [-0.2, 0) is 0 Å². The van der Waals surface area contributed by atoms with E-state index in [0.29, 0.717) is 34.4 Å². The fraction of sp³-hybridized carbons (Fsp3) is 0.150. The Morgan fingerprint density at radius 3 is 2.23 bits per heavy atom. The van der Waals surface area contributed by atoms with Crippen LogP contribution in [0.5, 0.6) is 17.2 Å².